The highest BCUT2D eigenvalue weighted by molar-refractivity contribution is 9.10. The van der Waals surface area contributed by atoms with E-state index in [2.05, 4.69) is 92.4 Å². The van der Waals surface area contributed by atoms with E-state index in [0.29, 0.717) is 0 Å². The number of hydrogen-bond acceptors (Lipinski definition) is 3. The zero-order chi connectivity index (χ0) is 15.2. The van der Waals surface area contributed by atoms with Crippen molar-refractivity contribution in [3.05, 3.63) is 89.4 Å². The van der Waals surface area contributed by atoms with Gasteiger partial charge in [-0.3, -0.25) is 0 Å². The molecule has 0 aliphatic carbocycles. The SMILES string of the molecule is Brc1ccc(N(Sc2ccccc2)Sc2ccccc2)cc1. The van der Waals surface area contributed by atoms with E-state index in [1.807, 2.05) is 12.1 Å². The summed E-state index contributed by atoms with van der Waals surface area (Å²) in [6.45, 7) is 0. The molecule has 0 aromatic heterocycles. The average molecular weight is 388 g/mol. The molecular weight excluding hydrogens is 374 g/mol. The third-order valence-electron chi connectivity index (χ3n) is 2.90. The molecule has 0 heterocycles. The molecule has 0 bridgehead atoms. The molecule has 0 aliphatic rings. The smallest absolute Gasteiger partial charge is 0.0602 e. The maximum absolute atomic E-state index is 3.50. The Bertz CT molecular complexity index is 661. The van der Waals surface area contributed by atoms with Gasteiger partial charge in [-0.25, -0.2) is 3.71 Å². The Hall–Kier alpha value is -1.36. The van der Waals surface area contributed by atoms with Crippen LogP contribution in [0.15, 0.2) is 99.2 Å². The highest BCUT2D eigenvalue weighted by atomic mass is 79.9. The summed E-state index contributed by atoms with van der Waals surface area (Å²) in [4.78, 5) is 2.43. The second-order valence-electron chi connectivity index (χ2n) is 4.54. The third-order valence-corrected chi connectivity index (χ3v) is 5.60. The van der Waals surface area contributed by atoms with Gasteiger partial charge in [-0.1, -0.05) is 52.3 Å². The highest BCUT2D eigenvalue weighted by Gasteiger charge is 2.11. The summed E-state index contributed by atoms with van der Waals surface area (Å²) in [6, 6.07) is 29.2. The largest absolute Gasteiger partial charge is 0.249 e. The quantitative estimate of drug-likeness (QED) is 0.450. The fraction of sp³-hybridized carbons (Fsp3) is 0. The first-order valence-corrected chi connectivity index (χ1v) is 9.17. The van der Waals surface area contributed by atoms with Crippen LogP contribution >= 0.6 is 39.8 Å². The Morgan fingerprint density at radius 2 is 1.05 bits per heavy atom. The standard InChI is InChI=1S/C18H14BrNS2/c19-15-11-13-16(14-12-15)20(21-17-7-3-1-4-8-17)22-18-9-5-2-6-10-18/h1-14H. The third kappa shape index (κ3) is 4.32. The fourth-order valence-electron chi connectivity index (χ4n) is 1.84. The van der Waals surface area contributed by atoms with Crippen molar-refractivity contribution in [2.45, 2.75) is 9.79 Å². The van der Waals surface area contributed by atoms with Gasteiger partial charge in [0.1, 0.15) is 0 Å². The molecule has 1 nitrogen and oxygen atoms in total. The molecule has 3 aromatic carbocycles. The van der Waals surface area contributed by atoms with Crippen LogP contribution in [-0.4, -0.2) is 0 Å². The predicted octanol–water partition coefficient (Wildman–Crippen LogP) is 6.67. The van der Waals surface area contributed by atoms with Crippen molar-refractivity contribution < 1.29 is 0 Å². The zero-order valence-electron chi connectivity index (χ0n) is 11.7. The van der Waals surface area contributed by atoms with Gasteiger partial charge < -0.3 is 0 Å². The molecule has 110 valence electrons. The predicted molar refractivity (Wildman–Crippen MR) is 101 cm³/mol. The van der Waals surface area contributed by atoms with E-state index in [4.69, 9.17) is 0 Å². The molecule has 0 N–H and O–H groups in total. The van der Waals surface area contributed by atoms with Crippen LogP contribution in [-0.2, 0) is 0 Å². The van der Waals surface area contributed by atoms with Gasteiger partial charge in [0, 0.05) is 14.3 Å². The summed E-state index contributed by atoms with van der Waals surface area (Å²) in [5.74, 6) is 0. The first-order chi connectivity index (χ1) is 10.8. The second-order valence-corrected chi connectivity index (χ2v) is 7.73. The molecule has 22 heavy (non-hydrogen) atoms. The van der Waals surface area contributed by atoms with E-state index < -0.39 is 0 Å². The van der Waals surface area contributed by atoms with Crippen molar-refractivity contribution in [3.8, 4) is 0 Å². The zero-order valence-corrected chi connectivity index (χ0v) is 14.9. The van der Waals surface area contributed by atoms with Crippen LogP contribution in [0.25, 0.3) is 0 Å². The molecule has 0 saturated carbocycles. The van der Waals surface area contributed by atoms with Crippen molar-refractivity contribution in [1.82, 2.24) is 0 Å². The Labute approximate surface area is 148 Å². The summed E-state index contributed by atoms with van der Waals surface area (Å²) >= 11 is 6.94. The number of benzene rings is 3. The summed E-state index contributed by atoms with van der Waals surface area (Å²) in [5.41, 5.74) is 1.16. The topological polar surface area (TPSA) is 3.24 Å². The van der Waals surface area contributed by atoms with Crippen LogP contribution in [0.2, 0.25) is 0 Å². The molecule has 0 saturated heterocycles. The first-order valence-electron chi connectivity index (χ1n) is 6.83. The summed E-state index contributed by atoms with van der Waals surface area (Å²) in [6.07, 6.45) is 0. The minimum Gasteiger partial charge on any atom is -0.249 e. The molecule has 0 amide bonds. The van der Waals surface area contributed by atoms with Crippen LogP contribution in [0.1, 0.15) is 0 Å². The normalized spacial score (nSPS) is 10.4. The molecule has 0 atom stereocenters. The van der Waals surface area contributed by atoms with Gasteiger partial charge in [-0.15, -0.1) is 0 Å². The van der Waals surface area contributed by atoms with Gasteiger partial charge in [-0.05, 0) is 72.4 Å². The second kappa shape index (κ2) is 7.77. The molecule has 0 spiro atoms. The molecule has 4 heteroatoms. The number of halogens is 1. The lowest BCUT2D eigenvalue weighted by Crippen LogP contribution is -2.03. The van der Waals surface area contributed by atoms with Gasteiger partial charge in [0.2, 0.25) is 0 Å². The fourth-order valence-corrected chi connectivity index (χ4v) is 4.17. The van der Waals surface area contributed by atoms with Crippen molar-refractivity contribution in [2.75, 3.05) is 3.71 Å². The highest BCUT2D eigenvalue weighted by Crippen LogP contribution is 2.38. The maximum atomic E-state index is 3.50. The molecular formula is C18H14BrNS2. The Balaban J connectivity index is 1.86. The summed E-state index contributed by atoms with van der Waals surface area (Å²) in [5, 5.41) is 0. The Morgan fingerprint density at radius 1 is 0.591 bits per heavy atom. The molecule has 3 rings (SSSR count). The van der Waals surface area contributed by atoms with E-state index in [1.54, 1.807) is 23.9 Å². The number of nitrogens with zero attached hydrogens (tertiary/aromatic N) is 1. The molecule has 0 fully saturated rings. The van der Waals surface area contributed by atoms with Crippen molar-refractivity contribution >= 4 is 45.5 Å². The minimum atomic E-state index is 1.09. The van der Waals surface area contributed by atoms with Crippen molar-refractivity contribution in [3.63, 3.8) is 0 Å². The van der Waals surface area contributed by atoms with Gasteiger partial charge in [0.25, 0.3) is 0 Å². The molecule has 0 radical (unpaired) electrons. The summed E-state index contributed by atoms with van der Waals surface area (Å²) < 4.78 is 3.32. The monoisotopic (exact) mass is 387 g/mol. The van der Waals surface area contributed by atoms with Crippen LogP contribution in [0, 0.1) is 0 Å². The lowest BCUT2D eigenvalue weighted by atomic mass is 10.3. The molecule has 0 unspecified atom stereocenters. The average Bonchev–Trinajstić information content (AvgIpc) is 2.57. The van der Waals surface area contributed by atoms with Crippen molar-refractivity contribution in [2.24, 2.45) is 0 Å². The van der Waals surface area contributed by atoms with Crippen molar-refractivity contribution in [1.29, 1.82) is 0 Å². The van der Waals surface area contributed by atoms with Gasteiger partial charge in [-0.2, -0.15) is 0 Å². The van der Waals surface area contributed by atoms with E-state index in [0.717, 1.165) is 10.2 Å². The lowest BCUT2D eigenvalue weighted by Gasteiger charge is -2.22. The lowest BCUT2D eigenvalue weighted by molar-refractivity contribution is 1.43. The van der Waals surface area contributed by atoms with Crippen LogP contribution in [0.3, 0.4) is 0 Å². The number of rotatable bonds is 5. The Morgan fingerprint density at radius 3 is 1.50 bits per heavy atom. The maximum Gasteiger partial charge on any atom is 0.0602 e. The van der Waals surface area contributed by atoms with Gasteiger partial charge >= 0.3 is 0 Å². The summed E-state index contributed by atoms with van der Waals surface area (Å²) in [7, 11) is 0. The van der Waals surface area contributed by atoms with E-state index in [9.17, 15) is 0 Å². The van der Waals surface area contributed by atoms with Gasteiger partial charge in [0.15, 0.2) is 0 Å². The van der Waals surface area contributed by atoms with Crippen LogP contribution < -0.4 is 3.71 Å². The van der Waals surface area contributed by atoms with Gasteiger partial charge in [0.05, 0.1) is 5.69 Å². The Kier molecular flexibility index (Phi) is 5.48. The molecule has 0 aliphatic heterocycles. The van der Waals surface area contributed by atoms with Crippen LogP contribution in [0.5, 0.6) is 0 Å². The minimum absolute atomic E-state index is 1.09. The van der Waals surface area contributed by atoms with E-state index >= 15 is 0 Å². The number of anilines is 1. The van der Waals surface area contributed by atoms with E-state index in [-0.39, 0.29) is 0 Å². The van der Waals surface area contributed by atoms with E-state index in [1.165, 1.54) is 9.79 Å². The number of hydrogen-bond donors (Lipinski definition) is 0. The first kappa shape index (κ1) is 15.5. The van der Waals surface area contributed by atoms with Crippen LogP contribution in [0.4, 0.5) is 5.69 Å². The molecule has 3 aromatic rings.